The zero-order valence-electron chi connectivity index (χ0n) is 15.6. The standard InChI is InChI=1S/C18H25N3O4S/c1-5-14-8-7-9-15(6-2)18(14)19-17(22)10-11-21(26(4,23)24)16-12-13(3)25-20-16/h7-9,12H,5-6,10-11H2,1-4H3,(H,19,22). The summed E-state index contributed by atoms with van der Waals surface area (Å²) in [6.07, 6.45) is 2.70. The fourth-order valence-corrected chi connectivity index (χ4v) is 3.58. The molecule has 0 atom stereocenters. The second-order valence-corrected chi connectivity index (χ2v) is 7.99. The maximum atomic E-state index is 12.4. The maximum Gasteiger partial charge on any atom is 0.233 e. The molecule has 1 N–H and O–H groups in total. The highest BCUT2D eigenvalue weighted by Crippen LogP contribution is 2.23. The van der Waals surface area contributed by atoms with E-state index in [2.05, 4.69) is 10.5 Å². The van der Waals surface area contributed by atoms with Crippen LogP contribution in [-0.2, 0) is 27.7 Å². The molecule has 8 heteroatoms. The van der Waals surface area contributed by atoms with Crippen molar-refractivity contribution in [2.45, 2.75) is 40.0 Å². The summed E-state index contributed by atoms with van der Waals surface area (Å²) in [7, 11) is -3.57. The predicted octanol–water partition coefficient (Wildman–Crippen LogP) is 2.90. The fraction of sp³-hybridized carbons (Fsp3) is 0.444. The van der Waals surface area contributed by atoms with Crippen molar-refractivity contribution in [2.24, 2.45) is 0 Å². The molecule has 0 saturated carbocycles. The predicted molar refractivity (Wildman–Crippen MR) is 102 cm³/mol. The normalized spacial score (nSPS) is 11.4. The number of rotatable bonds is 8. The molecule has 1 aromatic heterocycles. The molecule has 0 aliphatic rings. The Kier molecular flexibility index (Phi) is 6.42. The van der Waals surface area contributed by atoms with E-state index in [1.165, 1.54) is 6.07 Å². The lowest BCUT2D eigenvalue weighted by molar-refractivity contribution is -0.116. The van der Waals surface area contributed by atoms with Crippen LogP contribution in [0.25, 0.3) is 0 Å². The van der Waals surface area contributed by atoms with E-state index in [0.717, 1.165) is 40.2 Å². The number of anilines is 2. The third-order valence-corrected chi connectivity index (χ3v) is 5.25. The summed E-state index contributed by atoms with van der Waals surface area (Å²) in [6, 6.07) is 7.47. The fourth-order valence-electron chi connectivity index (χ4n) is 2.73. The van der Waals surface area contributed by atoms with Crippen molar-refractivity contribution in [3.05, 3.63) is 41.2 Å². The minimum atomic E-state index is -3.57. The number of hydrogen-bond acceptors (Lipinski definition) is 5. The summed E-state index contributed by atoms with van der Waals surface area (Å²) in [5.41, 5.74) is 2.94. The van der Waals surface area contributed by atoms with Gasteiger partial charge in [-0.05, 0) is 30.9 Å². The second kappa shape index (κ2) is 8.35. The first-order valence-electron chi connectivity index (χ1n) is 8.57. The van der Waals surface area contributed by atoms with Gasteiger partial charge in [0.05, 0.1) is 6.26 Å². The zero-order valence-corrected chi connectivity index (χ0v) is 16.4. The molecule has 26 heavy (non-hydrogen) atoms. The van der Waals surface area contributed by atoms with Crippen molar-refractivity contribution < 1.29 is 17.7 Å². The van der Waals surface area contributed by atoms with Crippen molar-refractivity contribution in [2.75, 3.05) is 22.4 Å². The Morgan fingerprint density at radius 3 is 2.31 bits per heavy atom. The number of hydrogen-bond donors (Lipinski definition) is 1. The number of nitrogens with one attached hydrogen (secondary N) is 1. The van der Waals surface area contributed by atoms with Crippen molar-refractivity contribution >= 4 is 27.4 Å². The molecule has 0 fully saturated rings. The van der Waals surface area contributed by atoms with Crippen LogP contribution in [-0.4, -0.2) is 32.3 Å². The Morgan fingerprint density at radius 2 is 1.85 bits per heavy atom. The summed E-state index contributed by atoms with van der Waals surface area (Å²) in [5.74, 6) is 0.443. The molecule has 0 aliphatic carbocycles. The van der Waals surface area contributed by atoms with Gasteiger partial charge in [0.25, 0.3) is 0 Å². The summed E-state index contributed by atoms with van der Waals surface area (Å²) >= 11 is 0. The Labute approximate surface area is 154 Å². The van der Waals surface area contributed by atoms with Crippen LogP contribution in [0.4, 0.5) is 11.5 Å². The first kappa shape index (κ1) is 20.0. The van der Waals surface area contributed by atoms with Crippen LogP contribution >= 0.6 is 0 Å². The molecule has 7 nitrogen and oxygen atoms in total. The molecule has 2 aromatic rings. The summed E-state index contributed by atoms with van der Waals surface area (Å²) < 4.78 is 30.1. The van der Waals surface area contributed by atoms with Gasteiger partial charge in [-0.15, -0.1) is 0 Å². The summed E-state index contributed by atoms with van der Waals surface area (Å²) in [5, 5.41) is 6.68. The van der Waals surface area contributed by atoms with E-state index in [-0.39, 0.29) is 24.7 Å². The third-order valence-electron chi connectivity index (χ3n) is 4.08. The van der Waals surface area contributed by atoms with Gasteiger partial charge in [0, 0.05) is 24.7 Å². The number of benzene rings is 1. The largest absolute Gasteiger partial charge is 0.360 e. The number of carbonyl (C=O) groups is 1. The van der Waals surface area contributed by atoms with Gasteiger partial charge in [-0.3, -0.25) is 9.10 Å². The number of aromatic nitrogens is 1. The van der Waals surface area contributed by atoms with Crippen molar-refractivity contribution in [3.8, 4) is 0 Å². The maximum absolute atomic E-state index is 12.4. The molecular formula is C18H25N3O4S. The molecule has 0 saturated heterocycles. The minimum Gasteiger partial charge on any atom is -0.360 e. The molecule has 0 bridgehead atoms. The molecule has 1 amide bonds. The lowest BCUT2D eigenvalue weighted by Gasteiger charge is -2.19. The second-order valence-electron chi connectivity index (χ2n) is 6.09. The molecular weight excluding hydrogens is 354 g/mol. The van der Waals surface area contributed by atoms with Crippen LogP contribution in [0, 0.1) is 6.92 Å². The van der Waals surface area contributed by atoms with Crippen LogP contribution in [0.5, 0.6) is 0 Å². The van der Waals surface area contributed by atoms with E-state index in [9.17, 15) is 13.2 Å². The SMILES string of the molecule is CCc1cccc(CC)c1NC(=O)CCN(c1cc(C)on1)S(C)(=O)=O. The van der Waals surface area contributed by atoms with Gasteiger partial charge in [0.2, 0.25) is 15.9 Å². The van der Waals surface area contributed by atoms with Gasteiger partial charge < -0.3 is 9.84 Å². The monoisotopic (exact) mass is 379 g/mol. The Morgan fingerprint density at radius 1 is 1.23 bits per heavy atom. The van der Waals surface area contributed by atoms with Gasteiger partial charge in [-0.2, -0.15) is 0 Å². The number of nitrogens with zero attached hydrogens (tertiary/aromatic N) is 2. The summed E-state index contributed by atoms with van der Waals surface area (Å²) in [6.45, 7) is 5.73. The highest BCUT2D eigenvalue weighted by molar-refractivity contribution is 7.92. The zero-order chi connectivity index (χ0) is 19.3. The number of sulfonamides is 1. The van der Waals surface area contributed by atoms with Crippen molar-refractivity contribution in [3.63, 3.8) is 0 Å². The van der Waals surface area contributed by atoms with Gasteiger partial charge in [-0.25, -0.2) is 8.42 Å². The molecule has 0 spiro atoms. The molecule has 0 radical (unpaired) electrons. The van der Waals surface area contributed by atoms with E-state index in [0.29, 0.717) is 5.76 Å². The lowest BCUT2D eigenvalue weighted by Crippen LogP contribution is -2.33. The Bertz CT molecular complexity index is 852. The van der Waals surface area contributed by atoms with E-state index in [1.807, 2.05) is 32.0 Å². The van der Waals surface area contributed by atoms with Gasteiger partial charge in [0.15, 0.2) is 5.82 Å². The van der Waals surface area contributed by atoms with E-state index >= 15 is 0 Å². The van der Waals surface area contributed by atoms with E-state index in [4.69, 9.17) is 4.52 Å². The summed E-state index contributed by atoms with van der Waals surface area (Å²) in [4.78, 5) is 12.4. The molecule has 2 rings (SSSR count). The van der Waals surface area contributed by atoms with Gasteiger partial charge in [-0.1, -0.05) is 37.2 Å². The van der Waals surface area contributed by atoms with Crippen LogP contribution < -0.4 is 9.62 Å². The molecule has 0 aliphatic heterocycles. The molecule has 142 valence electrons. The van der Waals surface area contributed by atoms with Crippen LogP contribution in [0.1, 0.15) is 37.2 Å². The number of amides is 1. The van der Waals surface area contributed by atoms with Crippen LogP contribution in [0.15, 0.2) is 28.8 Å². The highest BCUT2D eigenvalue weighted by Gasteiger charge is 2.22. The van der Waals surface area contributed by atoms with Crippen LogP contribution in [0.2, 0.25) is 0 Å². The van der Waals surface area contributed by atoms with Gasteiger partial charge >= 0.3 is 0 Å². The highest BCUT2D eigenvalue weighted by atomic mass is 32.2. The molecule has 0 unspecified atom stereocenters. The van der Waals surface area contributed by atoms with E-state index < -0.39 is 10.0 Å². The topological polar surface area (TPSA) is 92.5 Å². The Hall–Kier alpha value is -2.35. The van der Waals surface area contributed by atoms with Crippen LogP contribution in [0.3, 0.4) is 0 Å². The van der Waals surface area contributed by atoms with E-state index in [1.54, 1.807) is 6.92 Å². The average molecular weight is 379 g/mol. The molecule has 1 heterocycles. The lowest BCUT2D eigenvalue weighted by atomic mass is 10.0. The number of para-hydroxylation sites is 1. The third kappa shape index (κ3) is 4.85. The first-order valence-corrected chi connectivity index (χ1v) is 10.4. The minimum absolute atomic E-state index is 0.00755. The number of carbonyl (C=O) groups excluding carboxylic acids is 1. The Balaban J connectivity index is 2.12. The number of aryl methyl sites for hydroxylation is 3. The van der Waals surface area contributed by atoms with Gasteiger partial charge in [0.1, 0.15) is 5.76 Å². The van der Waals surface area contributed by atoms with Crippen molar-refractivity contribution in [1.29, 1.82) is 0 Å². The smallest absolute Gasteiger partial charge is 0.233 e. The van der Waals surface area contributed by atoms with Crippen molar-refractivity contribution in [1.82, 2.24) is 5.16 Å². The first-order chi connectivity index (χ1) is 12.3. The average Bonchev–Trinajstić information content (AvgIpc) is 2.99. The quantitative estimate of drug-likeness (QED) is 0.761. The molecule has 1 aromatic carbocycles.